The fraction of sp³-hybridized carbons (Fsp3) is 0.846. The first kappa shape index (κ1) is 15.4. The zero-order valence-electron chi connectivity index (χ0n) is 12.0. The second-order valence-electron chi connectivity index (χ2n) is 5.35. The summed E-state index contributed by atoms with van der Waals surface area (Å²) in [5, 5.41) is 11.7. The van der Waals surface area contributed by atoms with Crippen molar-refractivity contribution in [2.24, 2.45) is 0 Å². The Morgan fingerprint density at radius 3 is 2.65 bits per heavy atom. The summed E-state index contributed by atoms with van der Waals surface area (Å²) in [5.74, 6) is 0. The number of nitro groups is 1. The molecule has 1 aliphatic carbocycles. The quantitative estimate of drug-likeness (QED) is 0.422. The summed E-state index contributed by atoms with van der Waals surface area (Å²) in [7, 11) is 4.52. The Balaban J connectivity index is 2.41. The van der Waals surface area contributed by atoms with Crippen LogP contribution in [0.4, 0.5) is 0 Å². The van der Waals surface area contributed by atoms with E-state index in [0.717, 1.165) is 5.57 Å². The molecule has 0 aromatic rings. The molecule has 1 saturated carbocycles. The maximum atomic E-state index is 11.7. The van der Waals surface area contributed by atoms with Crippen LogP contribution in [0.3, 0.4) is 0 Å². The van der Waals surface area contributed by atoms with Crippen molar-refractivity contribution in [3.05, 3.63) is 22.3 Å². The van der Waals surface area contributed by atoms with Crippen molar-refractivity contribution in [3.8, 4) is 0 Å². The number of hydrogen-bond donors (Lipinski definition) is 0. The average molecular weight is 287 g/mol. The van der Waals surface area contributed by atoms with Crippen LogP contribution in [0.15, 0.2) is 12.2 Å². The van der Waals surface area contributed by atoms with Crippen LogP contribution in [0.2, 0.25) is 0 Å². The van der Waals surface area contributed by atoms with Crippen molar-refractivity contribution < 1.29 is 23.9 Å². The Morgan fingerprint density at radius 2 is 2.15 bits per heavy atom. The molecule has 2 rings (SSSR count). The Bertz CT molecular complexity index is 400. The van der Waals surface area contributed by atoms with E-state index >= 15 is 0 Å². The van der Waals surface area contributed by atoms with Crippen LogP contribution in [0.1, 0.15) is 12.8 Å². The molecule has 5 atom stereocenters. The lowest BCUT2D eigenvalue weighted by Gasteiger charge is -2.45. The number of ether oxygens (including phenoxy) is 4. The smallest absolute Gasteiger partial charge is 0.279 e. The molecule has 7 nitrogen and oxygen atoms in total. The lowest BCUT2D eigenvalue weighted by molar-refractivity contribution is -0.604. The molecule has 1 aliphatic heterocycles. The molecule has 1 saturated heterocycles. The topological polar surface area (TPSA) is 80.1 Å². The molecule has 20 heavy (non-hydrogen) atoms. The van der Waals surface area contributed by atoms with E-state index in [0.29, 0.717) is 13.0 Å². The van der Waals surface area contributed by atoms with Crippen molar-refractivity contribution in [2.75, 3.05) is 27.9 Å². The molecule has 0 aromatic heterocycles. The molecule has 7 heteroatoms. The highest BCUT2D eigenvalue weighted by atomic mass is 16.7. The summed E-state index contributed by atoms with van der Waals surface area (Å²) in [6, 6.07) is 0. The first-order chi connectivity index (χ1) is 9.51. The Labute approximate surface area is 118 Å². The highest BCUT2D eigenvalue weighted by Gasteiger charge is 2.68. The summed E-state index contributed by atoms with van der Waals surface area (Å²) < 4.78 is 21.9. The van der Waals surface area contributed by atoms with E-state index in [1.54, 1.807) is 7.11 Å². The minimum atomic E-state index is -1.32. The van der Waals surface area contributed by atoms with Crippen molar-refractivity contribution in [3.63, 3.8) is 0 Å². The molecule has 0 radical (unpaired) electrons. The summed E-state index contributed by atoms with van der Waals surface area (Å²) in [6.45, 7) is 4.19. The molecule has 2 aliphatic rings. The molecule has 114 valence electrons. The highest BCUT2D eigenvalue weighted by Crippen LogP contribution is 2.47. The van der Waals surface area contributed by atoms with Crippen LogP contribution in [-0.2, 0) is 18.9 Å². The van der Waals surface area contributed by atoms with Crippen LogP contribution >= 0.6 is 0 Å². The summed E-state index contributed by atoms with van der Waals surface area (Å²) in [5.41, 5.74) is -0.516. The van der Waals surface area contributed by atoms with Crippen molar-refractivity contribution >= 4 is 0 Å². The van der Waals surface area contributed by atoms with Gasteiger partial charge in [0.25, 0.3) is 5.54 Å². The summed E-state index contributed by atoms with van der Waals surface area (Å²) >= 11 is 0. The highest BCUT2D eigenvalue weighted by molar-refractivity contribution is 5.21. The van der Waals surface area contributed by atoms with Gasteiger partial charge in [0.2, 0.25) is 0 Å². The first-order valence-electron chi connectivity index (χ1n) is 6.52. The van der Waals surface area contributed by atoms with E-state index < -0.39 is 23.9 Å². The van der Waals surface area contributed by atoms with Gasteiger partial charge in [-0.05, 0) is 0 Å². The lowest BCUT2D eigenvalue weighted by Crippen LogP contribution is -2.68. The van der Waals surface area contributed by atoms with Gasteiger partial charge >= 0.3 is 0 Å². The van der Waals surface area contributed by atoms with Gasteiger partial charge in [0.15, 0.2) is 6.10 Å². The van der Waals surface area contributed by atoms with Crippen molar-refractivity contribution in [1.82, 2.24) is 0 Å². The fourth-order valence-electron chi connectivity index (χ4n) is 3.44. The van der Waals surface area contributed by atoms with Crippen LogP contribution in [0, 0.1) is 10.1 Å². The fourth-order valence-corrected chi connectivity index (χ4v) is 3.44. The number of methoxy groups -OCH3 is 3. The third-order valence-electron chi connectivity index (χ3n) is 4.26. The molecular weight excluding hydrogens is 266 g/mol. The number of rotatable bonds is 5. The number of nitrogens with zero attached hydrogens (tertiary/aromatic N) is 1. The largest absolute Gasteiger partial charge is 0.382 e. The second kappa shape index (κ2) is 5.77. The maximum Gasteiger partial charge on any atom is 0.279 e. The molecule has 2 fully saturated rings. The van der Waals surface area contributed by atoms with E-state index in [1.807, 2.05) is 0 Å². The zero-order valence-corrected chi connectivity index (χ0v) is 12.0. The number of fused-ring (bicyclic) bond motifs is 1. The van der Waals surface area contributed by atoms with Gasteiger partial charge in [-0.1, -0.05) is 12.2 Å². The SMILES string of the molecule is C=C1C[C@@H]2O[C@H](COC)[C@@H](OC)[C@H](OC)[C@]2([N+](=O)[O-])C1. The Morgan fingerprint density at radius 1 is 1.45 bits per heavy atom. The molecule has 0 N–H and O–H groups in total. The monoisotopic (exact) mass is 287 g/mol. The third-order valence-corrected chi connectivity index (χ3v) is 4.26. The van der Waals surface area contributed by atoms with Crippen molar-refractivity contribution in [1.29, 1.82) is 0 Å². The van der Waals surface area contributed by atoms with E-state index in [9.17, 15) is 10.1 Å². The van der Waals surface area contributed by atoms with Crippen LogP contribution in [-0.4, -0.2) is 62.8 Å². The third kappa shape index (κ3) is 2.14. The van der Waals surface area contributed by atoms with E-state index in [4.69, 9.17) is 18.9 Å². The van der Waals surface area contributed by atoms with Gasteiger partial charge in [-0.2, -0.15) is 0 Å². The minimum absolute atomic E-state index is 0.253. The Kier molecular flexibility index (Phi) is 4.43. The number of hydrogen-bond acceptors (Lipinski definition) is 6. The van der Waals surface area contributed by atoms with Gasteiger partial charge in [0.05, 0.1) is 6.61 Å². The molecule has 1 heterocycles. The van der Waals surface area contributed by atoms with E-state index in [1.165, 1.54) is 14.2 Å². The predicted molar refractivity (Wildman–Crippen MR) is 70.2 cm³/mol. The van der Waals surface area contributed by atoms with Gasteiger partial charge in [-0.3, -0.25) is 10.1 Å². The maximum absolute atomic E-state index is 11.7. The van der Waals surface area contributed by atoms with Gasteiger partial charge in [-0.15, -0.1) is 0 Å². The van der Waals surface area contributed by atoms with Gasteiger partial charge < -0.3 is 18.9 Å². The Hall–Kier alpha value is -1.02. The molecule has 0 amide bonds. The predicted octanol–water partition coefficient (Wildman–Crippen LogP) is 0.796. The summed E-state index contributed by atoms with van der Waals surface area (Å²) in [6.07, 6.45) is -1.46. The molecule has 0 bridgehead atoms. The molecule has 0 aromatic carbocycles. The van der Waals surface area contributed by atoms with Gasteiger partial charge in [0, 0.05) is 39.1 Å². The van der Waals surface area contributed by atoms with E-state index in [2.05, 4.69) is 6.58 Å². The molecule has 0 spiro atoms. The van der Waals surface area contributed by atoms with Crippen LogP contribution in [0.25, 0.3) is 0 Å². The summed E-state index contributed by atoms with van der Waals surface area (Å²) in [4.78, 5) is 11.4. The van der Waals surface area contributed by atoms with Gasteiger partial charge in [0.1, 0.15) is 18.3 Å². The van der Waals surface area contributed by atoms with Crippen LogP contribution < -0.4 is 0 Å². The molecular formula is C13H21NO6. The van der Waals surface area contributed by atoms with E-state index in [-0.39, 0.29) is 17.4 Å². The lowest BCUT2D eigenvalue weighted by atomic mass is 9.81. The normalized spacial score (nSPS) is 40.6. The van der Waals surface area contributed by atoms with Gasteiger partial charge in [-0.25, -0.2) is 0 Å². The molecule has 0 unspecified atom stereocenters. The van der Waals surface area contributed by atoms with Crippen LogP contribution in [0.5, 0.6) is 0 Å². The minimum Gasteiger partial charge on any atom is -0.382 e. The average Bonchev–Trinajstić information content (AvgIpc) is 2.74. The first-order valence-corrected chi connectivity index (χ1v) is 6.52. The standard InChI is InChI=1S/C13H21NO6/c1-8-5-10-13(6-8,14(15)16)12(19-4)11(18-3)9(20-10)7-17-2/h9-12H,1,5-7H2,2-4H3/t9-,10+,11-,12+,13+/m1/s1. The van der Waals surface area contributed by atoms with Crippen molar-refractivity contribution in [2.45, 2.75) is 42.8 Å². The second-order valence-corrected chi connectivity index (χ2v) is 5.35. The zero-order chi connectivity index (χ0) is 14.9.